The number of ether oxygens (including phenoxy) is 1. The molecule has 0 amide bonds. The van der Waals surface area contributed by atoms with Crippen molar-refractivity contribution in [2.75, 3.05) is 18.2 Å². The monoisotopic (exact) mass is 248 g/mol. The topological polar surface area (TPSA) is 47.3 Å². The van der Waals surface area contributed by atoms with Crippen molar-refractivity contribution < 1.29 is 4.74 Å². The Hall–Kier alpha value is -1.87. The van der Waals surface area contributed by atoms with E-state index in [-0.39, 0.29) is 0 Å². The van der Waals surface area contributed by atoms with Gasteiger partial charge in [0.15, 0.2) is 0 Å². The first-order chi connectivity index (χ1) is 8.19. The van der Waals surface area contributed by atoms with Crippen LogP contribution in [0.15, 0.2) is 42.5 Å². The molecule has 0 heterocycles. The first-order valence-electron chi connectivity index (χ1n) is 5.15. The van der Waals surface area contributed by atoms with Crippen molar-refractivity contribution in [2.45, 2.75) is 0 Å². The van der Waals surface area contributed by atoms with Gasteiger partial charge < -0.3 is 15.8 Å². The highest BCUT2D eigenvalue weighted by Gasteiger charge is 2.01. The second-order valence-corrected chi connectivity index (χ2v) is 4.02. The van der Waals surface area contributed by atoms with Gasteiger partial charge in [0.2, 0.25) is 0 Å². The van der Waals surface area contributed by atoms with Gasteiger partial charge in [-0.15, -0.1) is 0 Å². The molecule has 0 saturated heterocycles. The van der Waals surface area contributed by atoms with Gasteiger partial charge in [-0.3, -0.25) is 0 Å². The number of methoxy groups -OCH3 is 1. The van der Waals surface area contributed by atoms with Gasteiger partial charge in [-0.2, -0.15) is 0 Å². The zero-order valence-corrected chi connectivity index (χ0v) is 10.2. The van der Waals surface area contributed by atoms with Gasteiger partial charge >= 0.3 is 0 Å². The molecular weight excluding hydrogens is 236 g/mol. The zero-order valence-electron chi connectivity index (χ0n) is 9.41. The van der Waals surface area contributed by atoms with Crippen molar-refractivity contribution in [2.24, 2.45) is 0 Å². The highest BCUT2D eigenvalue weighted by Crippen LogP contribution is 2.27. The Balaban J connectivity index is 2.27. The van der Waals surface area contributed by atoms with Gasteiger partial charge in [-0.1, -0.05) is 17.7 Å². The van der Waals surface area contributed by atoms with E-state index in [0.29, 0.717) is 10.7 Å². The average molecular weight is 249 g/mol. The summed E-state index contributed by atoms with van der Waals surface area (Å²) in [7, 11) is 1.63. The van der Waals surface area contributed by atoms with E-state index in [4.69, 9.17) is 22.1 Å². The first kappa shape index (κ1) is 11.6. The predicted molar refractivity (Wildman–Crippen MR) is 72.1 cm³/mol. The molecule has 88 valence electrons. The minimum atomic E-state index is 0.643. The molecule has 4 heteroatoms. The molecule has 0 spiro atoms. The van der Waals surface area contributed by atoms with Crippen molar-refractivity contribution in [3.63, 3.8) is 0 Å². The van der Waals surface area contributed by atoms with Crippen LogP contribution in [0.2, 0.25) is 5.02 Å². The Morgan fingerprint density at radius 2 is 2.00 bits per heavy atom. The van der Waals surface area contributed by atoms with E-state index in [1.807, 2.05) is 24.3 Å². The Morgan fingerprint density at radius 1 is 1.18 bits per heavy atom. The van der Waals surface area contributed by atoms with E-state index in [0.717, 1.165) is 17.1 Å². The van der Waals surface area contributed by atoms with Crippen LogP contribution in [-0.4, -0.2) is 7.11 Å². The van der Waals surface area contributed by atoms with Gasteiger partial charge in [0.1, 0.15) is 5.75 Å². The molecule has 3 N–H and O–H groups in total. The summed E-state index contributed by atoms with van der Waals surface area (Å²) in [6.07, 6.45) is 0. The fourth-order valence-electron chi connectivity index (χ4n) is 1.49. The summed E-state index contributed by atoms with van der Waals surface area (Å²) in [5, 5.41) is 3.84. The summed E-state index contributed by atoms with van der Waals surface area (Å²) in [6.45, 7) is 0. The minimum Gasteiger partial charge on any atom is -0.497 e. The quantitative estimate of drug-likeness (QED) is 0.815. The zero-order chi connectivity index (χ0) is 12.3. The smallest absolute Gasteiger partial charge is 0.120 e. The molecule has 3 nitrogen and oxygen atoms in total. The van der Waals surface area contributed by atoms with Crippen LogP contribution in [0.1, 0.15) is 0 Å². The third-order valence-corrected chi connectivity index (χ3v) is 2.60. The molecule has 0 aliphatic carbocycles. The number of benzene rings is 2. The molecular formula is C13H13ClN2O. The number of anilines is 3. The van der Waals surface area contributed by atoms with Gasteiger partial charge in [0.25, 0.3) is 0 Å². The van der Waals surface area contributed by atoms with Crippen LogP contribution in [0.4, 0.5) is 17.1 Å². The van der Waals surface area contributed by atoms with E-state index < -0.39 is 0 Å². The summed E-state index contributed by atoms with van der Waals surface area (Å²) in [4.78, 5) is 0. The highest BCUT2D eigenvalue weighted by atomic mass is 35.5. The third kappa shape index (κ3) is 2.82. The number of hydrogen-bond acceptors (Lipinski definition) is 3. The number of nitrogens with two attached hydrogens (primary N) is 1. The summed E-state index contributed by atoms with van der Waals surface area (Å²) in [5.41, 5.74) is 8.19. The number of hydrogen-bond donors (Lipinski definition) is 2. The maximum atomic E-state index is 5.92. The van der Waals surface area contributed by atoms with Crippen LogP contribution < -0.4 is 15.8 Å². The summed E-state index contributed by atoms with van der Waals surface area (Å²) < 4.78 is 5.15. The lowest BCUT2D eigenvalue weighted by Gasteiger charge is -2.10. The fourth-order valence-corrected chi connectivity index (χ4v) is 1.67. The van der Waals surface area contributed by atoms with E-state index in [1.165, 1.54) is 0 Å². The largest absolute Gasteiger partial charge is 0.497 e. The number of nitrogen functional groups attached to an aromatic ring is 1. The summed E-state index contributed by atoms with van der Waals surface area (Å²) in [6, 6.07) is 12.9. The summed E-state index contributed by atoms with van der Waals surface area (Å²) in [5.74, 6) is 0.788. The Kier molecular flexibility index (Phi) is 3.40. The maximum absolute atomic E-state index is 5.92. The molecule has 0 unspecified atom stereocenters. The van der Waals surface area contributed by atoms with Crippen molar-refractivity contribution in [3.8, 4) is 5.75 Å². The molecule has 2 aromatic carbocycles. The van der Waals surface area contributed by atoms with Crippen LogP contribution in [0.25, 0.3) is 0 Å². The Labute approximate surface area is 105 Å². The molecule has 0 aliphatic heterocycles. The fraction of sp³-hybridized carbons (Fsp3) is 0.0769. The maximum Gasteiger partial charge on any atom is 0.120 e. The van der Waals surface area contributed by atoms with E-state index >= 15 is 0 Å². The van der Waals surface area contributed by atoms with Gasteiger partial charge in [-0.25, -0.2) is 0 Å². The first-order valence-corrected chi connectivity index (χ1v) is 5.53. The lowest BCUT2D eigenvalue weighted by atomic mass is 10.2. The van der Waals surface area contributed by atoms with Gasteiger partial charge in [0.05, 0.1) is 18.5 Å². The molecule has 17 heavy (non-hydrogen) atoms. The molecule has 0 radical (unpaired) electrons. The SMILES string of the molecule is COc1cccc(Nc2cc(Cl)ccc2N)c1. The molecule has 0 bridgehead atoms. The molecule has 0 fully saturated rings. The molecule has 0 saturated carbocycles. The molecule has 0 aliphatic rings. The lowest BCUT2D eigenvalue weighted by Crippen LogP contribution is -1.96. The predicted octanol–water partition coefficient (Wildman–Crippen LogP) is 3.67. The molecule has 0 aromatic heterocycles. The van der Waals surface area contributed by atoms with Gasteiger partial charge in [-0.05, 0) is 30.3 Å². The van der Waals surface area contributed by atoms with Crippen LogP contribution in [-0.2, 0) is 0 Å². The average Bonchev–Trinajstić information content (AvgIpc) is 2.34. The minimum absolute atomic E-state index is 0.643. The van der Waals surface area contributed by atoms with E-state index in [1.54, 1.807) is 25.3 Å². The van der Waals surface area contributed by atoms with E-state index in [9.17, 15) is 0 Å². The second-order valence-electron chi connectivity index (χ2n) is 3.59. The van der Waals surface area contributed by atoms with Crippen molar-refractivity contribution >= 4 is 28.7 Å². The van der Waals surface area contributed by atoms with Crippen molar-refractivity contribution in [3.05, 3.63) is 47.5 Å². The molecule has 2 rings (SSSR count). The lowest BCUT2D eigenvalue weighted by molar-refractivity contribution is 0.415. The second kappa shape index (κ2) is 4.97. The third-order valence-electron chi connectivity index (χ3n) is 2.36. The number of halogens is 1. The standard InChI is InChI=1S/C13H13ClN2O/c1-17-11-4-2-3-10(8-11)16-13-7-9(14)5-6-12(13)15/h2-8,16H,15H2,1H3. The normalized spacial score (nSPS) is 10.0. The van der Waals surface area contributed by atoms with Crippen molar-refractivity contribution in [1.82, 2.24) is 0 Å². The van der Waals surface area contributed by atoms with Crippen LogP contribution in [0.3, 0.4) is 0 Å². The molecule has 0 atom stereocenters. The van der Waals surface area contributed by atoms with Crippen molar-refractivity contribution in [1.29, 1.82) is 0 Å². The van der Waals surface area contributed by atoms with Crippen LogP contribution >= 0.6 is 11.6 Å². The molecule has 2 aromatic rings. The van der Waals surface area contributed by atoms with Crippen LogP contribution in [0, 0.1) is 0 Å². The number of nitrogens with one attached hydrogen (secondary N) is 1. The Morgan fingerprint density at radius 3 is 2.76 bits per heavy atom. The Bertz CT molecular complexity index is 529. The van der Waals surface area contributed by atoms with Gasteiger partial charge in [0, 0.05) is 16.8 Å². The number of rotatable bonds is 3. The van der Waals surface area contributed by atoms with E-state index in [2.05, 4.69) is 5.32 Å². The highest BCUT2D eigenvalue weighted by molar-refractivity contribution is 6.31. The summed E-state index contributed by atoms with van der Waals surface area (Å²) >= 11 is 5.92. The van der Waals surface area contributed by atoms with Crippen LogP contribution in [0.5, 0.6) is 5.75 Å².